The topological polar surface area (TPSA) is 17.1 Å². The molecule has 0 spiro atoms. The van der Waals surface area contributed by atoms with Crippen LogP contribution in [0.5, 0.6) is 0 Å². The first-order valence-corrected chi connectivity index (χ1v) is 8.75. The third-order valence-electron chi connectivity index (χ3n) is 5.04. The number of fused-ring (bicyclic) bond motifs is 5. The molecule has 0 aliphatic rings. The van der Waals surface area contributed by atoms with Crippen LogP contribution in [0.2, 0.25) is 0 Å². The first-order chi connectivity index (χ1) is 12.8. The van der Waals surface area contributed by atoms with Gasteiger partial charge in [-0.1, -0.05) is 91.0 Å². The molecule has 0 saturated carbocycles. The Morgan fingerprint density at radius 1 is 0.462 bits per heavy atom. The Hall–Kier alpha value is -3.45. The van der Waals surface area contributed by atoms with Crippen LogP contribution in [0.3, 0.4) is 0 Å². The average Bonchev–Trinajstić information content (AvgIpc) is 2.73. The minimum Gasteiger partial charge on any atom is -0.289 e. The molecule has 0 unspecified atom stereocenters. The molecule has 122 valence electrons. The highest BCUT2D eigenvalue weighted by molar-refractivity contribution is 6.19. The van der Waals surface area contributed by atoms with Crippen LogP contribution in [0.4, 0.5) is 0 Å². The van der Waals surface area contributed by atoms with Gasteiger partial charge in [0, 0.05) is 11.1 Å². The van der Waals surface area contributed by atoms with Crippen molar-refractivity contribution in [2.45, 2.75) is 0 Å². The number of benzene rings is 5. The second-order valence-corrected chi connectivity index (χ2v) is 6.58. The van der Waals surface area contributed by atoms with Crippen molar-refractivity contribution in [1.29, 1.82) is 0 Å². The Bertz CT molecular complexity index is 1280. The molecular formula is C25H16O. The van der Waals surface area contributed by atoms with Crippen molar-refractivity contribution in [3.05, 3.63) is 108 Å². The molecule has 0 bridgehead atoms. The number of hydrogen-bond donors (Lipinski definition) is 0. The zero-order chi connectivity index (χ0) is 17.5. The second-order valence-electron chi connectivity index (χ2n) is 6.58. The zero-order valence-electron chi connectivity index (χ0n) is 14.1. The van der Waals surface area contributed by atoms with Gasteiger partial charge < -0.3 is 0 Å². The molecule has 0 radical (unpaired) electrons. The predicted molar refractivity (Wildman–Crippen MR) is 109 cm³/mol. The summed E-state index contributed by atoms with van der Waals surface area (Å²) in [7, 11) is 0. The van der Waals surface area contributed by atoms with Gasteiger partial charge in [0.25, 0.3) is 0 Å². The summed E-state index contributed by atoms with van der Waals surface area (Å²) in [4.78, 5) is 12.8. The summed E-state index contributed by atoms with van der Waals surface area (Å²) in [6, 6.07) is 32.5. The van der Waals surface area contributed by atoms with Crippen molar-refractivity contribution in [2.75, 3.05) is 0 Å². The van der Waals surface area contributed by atoms with Crippen LogP contribution in [-0.2, 0) is 0 Å². The first kappa shape index (κ1) is 14.9. The highest BCUT2D eigenvalue weighted by Crippen LogP contribution is 2.32. The second kappa shape index (κ2) is 5.82. The van der Waals surface area contributed by atoms with Gasteiger partial charge in [-0.15, -0.1) is 0 Å². The third-order valence-corrected chi connectivity index (χ3v) is 5.04. The molecule has 0 fully saturated rings. The molecule has 0 N–H and O–H groups in total. The van der Waals surface area contributed by atoms with Gasteiger partial charge in [0.15, 0.2) is 5.78 Å². The fraction of sp³-hybridized carbons (Fsp3) is 0. The van der Waals surface area contributed by atoms with Crippen LogP contribution in [0.1, 0.15) is 15.9 Å². The van der Waals surface area contributed by atoms with Crippen LogP contribution in [-0.4, -0.2) is 5.78 Å². The molecule has 0 aromatic heterocycles. The lowest BCUT2D eigenvalue weighted by molar-refractivity contribution is 0.103. The monoisotopic (exact) mass is 332 g/mol. The molecule has 5 aromatic carbocycles. The van der Waals surface area contributed by atoms with E-state index in [1.165, 1.54) is 21.5 Å². The van der Waals surface area contributed by atoms with E-state index >= 15 is 0 Å². The van der Waals surface area contributed by atoms with Crippen molar-refractivity contribution < 1.29 is 4.79 Å². The maximum absolute atomic E-state index is 12.8. The van der Waals surface area contributed by atoms with Crippen molar-refractivity contribution in [3.8, 4) is 0 Å². The summed E-state index contributed by atoms with van der Waals surface area (Å²) in [5.74, 6) is 0.0605. The molecule has 0 aliphatic carbocycles. The van der Waals surface area contributed by atoms with Crippen molar-refractivity contribution in [3.63, 3.8) is 0 Å². The van der Waals surface area contributed by atoms with Gasteiger partial charge in [-0.2, -0.15) is 0 Å². The Labute approximate surface area is 151 Å². The number of carbonyl (C=O) groups is 1. The van der Waals surface area contributed by atoms with Crippen LogP contribution < -0.4 is 0 Å². The highest BCUT2D eigenvalue weighted by Gasteiger charge is 2.11. The lowest BCUT2D eigenvalue weighted by Crippen LogP contribution is -2.00. The summed E-state index contributed by atoms with van der Waals surface area (Å²) in [6.45, 7) is 0. The fourth-order valence-corrected chi connectivity index (χ4v) is 3.72. The van der Waals surface area contributed by atoms with Gasteiger partial charge >= 0.3 is 0 Å². The lowest BCUT2D eigenvalue weighted by Gasteiger charge is -2.09. The third kappa shape index (κ3) is 2.29. The number of hydrogen-bond acceptors (Lipinski definition) is 1. The summed E-state index contributed by atoms with van der Waals surface area (Å²) < 4.78 is 0. The molecule has 5 aromatic rings. The molecule has 26 heavy (non-hydrogen) atoms. The molecular weight excluding hydrogens is 316 g/mol. The van der Waals surface area contributed by atoms with E-state index in [0.29, 0.717) is 0 Å². The molecule has 1 heteroatoms. The van der Waals surface area contributed by atoms with Gasteiger partial charge in [-0.05, 0) is 38.4 Å². The van der Waals surface area contributed by atoms with E-state index in [1.807, 2.05) is 48.5 Å². The minimum atomic E-state index is 0.0605. The molecule has 0 aliphatic heterocycles. The zero-order valence-corrected chi connectivity index (χ0v) is 14.1. The maximum atomic E-state index is 12.8. The van der Waals surface area contributed by atoms with Gasteiger partial charge in [0.2, 0.25) is 0 Å². The van der Waals surface area contributed by atoms with E-state index < -0.39 is 0 Å². The van der Waals surface area contributed by atoms with Gasteiger partial charge in [-0.3, -0.25) is 4.79 Å². The molecule has 0 amide bonds. The average molecular weight is 332 g/mol. The number of carbonyl (C=O) groups excluding carboxylic acids is 1. The maximum Gasteiger partial charge on any atom is 0.193 e. The Morgan fingerprint density at radius 3 is 1.88 bits per heavy atom. The minimum absolute atomic E-state index is 0.0605. The quantitative estimate of drug-likeness (QED) is 0.271. The van der Waals surface area contributed by atoms with E-state index in [4.69, 9.17) is 0 Å². The normalized spacial score (nSPS) is 11.2. The van der Waals surface area contributed by atoms with E-state index in [0.717, 1.165) is 21.9 Å². The summed E-state index contributed by atoms with van der Waals surface area (Å²) in [6.07, 6.45) is 0. The predicted octanol–water partition coefficient (Wildman–Crippen LogP) is 6.38. The number of ketones is 1. The first-order valence-electron chi connectivity index (χ1n) is 8.75. The van der Waals surface area contributed by atoms with Crippen molar-refractivity contribution in [2.24, 2.45) is 0 Å². The van der Waals surface area contributed by atoms with E-state index in [-0.39, 0.29) is 5.78 Å². The highest BCUT2D eigenvalue weighted by atomic mass is 16.1. The molecule has 5 rings (SSSR count). The fourth-order valence-electron chi connectivity index (χ4n) is 3.72. The van der Waals surface area contributed by atoms with E-state index in [2.05, 4.69) is 48.5 Å². The number of rotatable bonds is 2. The molecule has 0 saturated heterocycles. The van der Waals surface area contributed by atoms with Gasteiger partial charge in [0.05, 0.1) is 0 Å². The van der Waals surface area contributed by atoms with E-state index in [1.54, 1.807) is 0 Å². The van der Waals surface area contributed by atoms with Crippen LogP contribution >= 0.6 is 0 Å². The van der Waals surface area contributed by atoms with Gasteiger partial charge in [-0.25, -0.2) is 0 Å². The standard InChI is InChI=1S/C25H16O/c26-25(19-7-2-1-3-8-19)20-11-10-18-13-14-22-21-9-5-4-6-17(21)12-15-23(22)24(18)16-20/h1-16H. The van der Waals surface area contributed by atoms with Crippen LogP contribution in [0.15, 0.2) is 97.1 Å². The van der Waals surface area contributed by atoms with Gasteiger partial charge in [0.1, 0.15) is 0 Å². The smallest absolute Gasteiger partial charge is 0.193 e. The Kier molecular flexibility index (Phi) is 3.32. The van der Waals surface area contributed by atoms with Crippen molar-refractivity contribution in [1.82, 2.24) is 0 Å². The summed E-state index contributed by atoms with van der Waals surface area (Å²) in [5, 5.41) is 7.15. The SMILES string of the molecule is O=C(c1ccccc1)c1ccc2ccc3c4ccccc4ccc3c2c1. The van der Waals surface area contributed by atoms with Crippen LogP contribution in [0, 0.1) is 0 Å². The Morgan fingerprint density at radius 2 is 1.08 bits per heavy atom. The largest absolute Gasteiger partial charge is 0.289 e. The van der Waals surface area contributed by atoms with E-state index in [9.17, 15) is 4.79 Å². The van der Waals surface area contributed by atoms with Crippen LogP contribution in [0.25, 0.3) is 32.3 Å². The molecule has 0 heterocycles. The lowest BCUT2D eigenvalue weighted by atomic mass is 9.94. The molecule has 1 nitrogen and oxygen atoms in total. The summed E-state index contributed by atoms with van der Waals surface area (Å²) in [5.41, 5.74) is 1.45. The Balaban J connectivity index is 1.78. The summed E-state index contributed by atoms with van der Waals surface area (Å²) >= 11 is 0. The van der Waals surface area contributed by atoms with Crippen molar-refractivity contribution >= 4 is 38.1 Å². The molecule has 0 atom stereocenters.